The second-order valence-corrected chi connectivity index (χ2v) is 3.43. The molecule has 1 unspecified atom stereocenters. The van der Waals surface area contributed by atoms with Crippen molar-refractivity contribution >= 4 is 0 Å². The van der Waals surface area contributed by atoms with Crippen molar-refractivity contribution in [3.63, 3.8) is 0 Å². The second-order valence-electron chi connectivity index (χ2n) is 3.43. The van der Waals surface area contributed by atoms with Gasteiger partial charge < -0.3 is 10.1 Å². The van der Waals surface area contributed by atoms with Gasteiger partial charge in [0.1, 0.15) is 0 Å². The van der Waals surface area contributed by atoms with Crippen LogP contribution in [0.1, 0.15) is 6.92 Å². The fraction of sp³-hybridized carbons (Fsp3) is 0.778. The molecule has 0 spiro atoms. The van der Waals surface area contributed by atoms with Gasteiger partial charge in [0.05, 0.1) is 12.7 Å². The third kappa shape index (κ3) is 4.34. The van der Waals surface area contributed by atoms with E-state index in [-0.39, 0.29) is 0 Å². The Balaban J connectivity index is 1.99. The van der Waals surface area contributed by atoms with Gasteiger partial charge in [-0.25, -0.2) is 0 Å². The van der Waals surface area contributed by atoms with Crippen LogP contribution in [0.25, 0.3) is 0 Å². The number of aromatic nitrogens is 3. The summed E-state index contributed by atoms with van der Waals surface area (Å²) in [5.74, 6) is 0.552. The van der Waals surface area contributed by atoms with Gasteiger partial charge in [0.15, 0.2) is 0 Å². The highest BCUT2D eigenvalue weighted by Gasteiger charge is 1.99. The Morgan fingerprint density at radius 2 is 2.43 bits per heavy atom. The Morgan fingerprint density at radius 3 is 3.07 bits per heavy atom. The maximum absolute atomic E-state index is 5.04. The van der Waals surface area contributed by atoms with Crippen molar-refractivity contribution in [1.82, 2.24) is 20.3 Å². The lowest BCUT2D eigenvalue weighted by Gasteiger charge is -2.10. The average Bonchev–Trinajstić information content (AvgIpc) is 2.65. The first-order valence-electron chi connectivity index (χ1n) is 4.86. The molecular formula is C9H18N4O. The molecular weight excluding hydrogens is 180 g/mol. The predicted octanol–water partition coefficient (Wildman–Crippen LogP) is 0.150. The van der Waals surface area contributed by atoms with Gasteiger partial charge in [-0.05, 0) is 12.5 Å². The number of nitrogens with zero attached hydrogens (tertiary/aromatic N) is 3. The minimum Gasteiger partial charge on any atom is -0.384 e. The summed E-state index contributed by atoms with van der Waals surface area (Å²) in [6.07, 6.45) is 3.55. The maximum Gasteiger partial charge on any atom is 0.0692 e. The lowest BCUT2D eigenvalue weighted by Crippen LogP contribution is -2.27. The first kappa shape index (κ1) is 11.1. The summed E-state index contributed by atoms with van der Waals surface area (Å²) < 4.78 is 6.85. The zero-order chi connectivity index (χ0) is 10.2. The third-order valence-electron chi connectivity index (χ3n) is 1.93. The molecule has 1 rings (SSSR count). The number of hydrogen-bond donors (Lipinski definition) is 1. The van der Waals surface area contributed by atoms with Gasteiger partial charge >= 0.3 is 0 Å². The van der Waals surface area contributed by atoms with Gasteiger partial charge in [-0.15, -0.1) is 5.10 Å². The van der Waals surface area contributed by atoms with E-state index in [0.29, 0.717) is 5.92 Å². The van der Waals surface area contributed by atoms with E-state index in [4.69, 9.17) is 4.74 Å². The van der Waals surface area contributed by atoms with Crippen LogP contribution in [0.3, 0.4) is 0 Å². The minimum absolute atomic E-state index is 0.552. The third-order valence-corrected chi connectivity index (χ3v) is 1.93. The standard InChI is InChI=1S/C9H18N4O/c1-9(8-14-2)7-10-3-5-13-6-4-11-12-13/h4,6,9-10H,3,5,7-8H2,1-2H3. The minimum atomic E-state index is 0.552. The van der Waals surface area contributed by atoms with Crippen molar-refractivity contribution in [1.29, 1.82) is 0 Å². The van der Waals surface area contributed by atoms with Gasteiger partial charge in [0.25, 0.3) is 0 Å². The summed E-state index contributed by atoms with van der Waals surface area (Å²) >= 11 is 0. The molecule has 14 heavy (non-hydrogen) atoms. The zero-order valence-electron chi connectivity index (χ0n) is 8.81. The average molecular weight is 198 g/mol. The maximum atomic E-state index is 5.04. The van der Waals surface area contributed by atoms with E-state index in [1.54, 1.807) is 13.3 Å². The Hall–Kier alpha value is -0.940. The van der Waals surface area contributed by atoms with Gasteiger partial charge in [0.2, 0.25) is 0 Å². The van der Waals surface area contributed by atoms with Crippen molar-refractivity contribution in [2.45, 2.75) is 13.5 Å². The fourth-order valence-corrected chi connectivity index (χ4v) is 1.24. The lowest BCUT2D eigenvalue weighted by atomic mass is 10.2. The van der Waals surface area contributed by atoms with Gasteiger partial charge in [-0.3, -0.25) is 4.68 Å². The summed E-state index contributed by atoms with van der Waals surface area (Å²) in [4.78, 5) is 0. The Kier molecular flexibility index (Phi) is 5.17. The van der Waals surface area contributed by atoms with E-state index in [0.717, 1.165) is 26.2 Å². The highest BCUT2D eigenvalue weighted by atomic mass is 16.5. The summed E-state index contributed by atoms with van der Waals surface area (Å²) in [6.45, 7) is 5.71. The number of ether oxygens (including phenoxy) is 1. The summed E-state index contributed by atoms with van der Waals surface area (Å²) in [7, 11) is 1.73. The molecule has 0 saturated carbocycles. The summed E-state index contributed by atoms with van der Waals surface area (Å²) in [5, 5.41) is 10.9. The van der Waals surface area contributed by atoms with E-state index in [1.807, 2.05) is 10.9 Å². The Bertz CT molecular complexity index is 225. The zero-order valence-corrected chi connectivity index (χ0v) is 8.81. The molecule has 1 aromatic heterocycles. The SMILES string of the molecule is COCC(C)CNCCn1ccnn1. The summed E-state index contributed by atoms with van der Waals surface area (Å²) in [6, 6.07) is 0. The molecule has 0 bridgehead atoms. The van der Waals surface area contributed by atoms with Crippen LogP contribution in [-0.4, -0.2) is 41.8 Å². The van der Waals surface area contributed by atoms with Crippen molar-refractivity contribution in [3.8, 4) is 0 Å². The highest BCUT2D eigenvalue weighted by molar-refractivity contribution is 4.64. The van der Waals surface area contributed by atoms with Crippen LogP contribution < -0.4 is 5.32 Å². The number of rotatable bonds is 7. The Morgan fingerprint density at radius 1 is 1.57 bits per heavy atom. The number of methoxy groups -OCH3 is 1. The van der Waals surface area contributed by atoms with E-state index in [9.17, 15) is 0 Å². The quantitative estimate of drug-likeness (QED) is 0.634. The molecule has 0 radical (unpaired) electrons. The van der Waals surface area contributed by atoms with Crippen molar-refractivity contribution in [2.75, 3.05) is 26.8 Å². The molecule has 5 nitrogen and oxygen atoms in total. The molecule has 0 fully saturated rings. The molecule has 0 aliphatic rings. The highest BCUT2D eigenvalue weighted by Crippen LogP contribution is 1.91. The normalized spacial score (nSPS) is 13.0. The monoisotopic (exact) mass is 198 g/mol. The smallest absolute Gasteiger partial charge is 0.0692 e. The molecule has 0 saturated heterocycles. The first-order valence-corrected chi connectivity index (χ1v) is 4.86. The first-order chi connectivity index (χ1) is 6.83. The Labute approximate surface area is 84.4 Å². The van der Waals surface area contributed by atoms with E-state index >= 15 is 0 Å². The van der Waals surface area contributed by atoms with Crippen molar-refractivity contribution in [2.24, 2.45) is 5.92 Å². The number of nitrogens with one attached hydrogen (secondary N) is 1. The van der Waals surface area contributed by atoms with E-state index < -0.39 is 0 Å². The van der Waals surface area contributed by atoms with Crippen molar-refractivity contribution in [3.05, 3.63) is 12.4 Å². The summed E-state index contributed by atoms with van der Waals surface area (Å²) in [5.41, 5.74) is 0. The van der Waals surface area contributed by atoms with E-state index in [2.05, 4.69) is 22.6 Å². The molecule has 5 heteroatoms. The van der Waals surface area contributed by atoms with E-state index in [1.165, 1.54) is 0 Å². The molecule has 1 atom stereocenters. The molecule has 1 N–H and O–H groups in total. The molecule has 0 aromatic carbocycles. The van der Waals surface area contributed by atoms with Crippen LogP contribution in [-0.2, 0) is 11.3 Å². The lowest BCUT2D eigenvalue weighted by molar-refractivity contribution is 0.158. The van der Waals surface area contributed by atoms with Gasteiger partial charge in [-0.2, -0.15) is 0 Å². The topological polar surface area (TPSA) is 52.0 Å². The van der Waals surface area contributed by atoms with Crippen LogP contribution in [0, 0.1) is 5.92 Å². The van der Waals surface area contributed by atoms with Crippen LogP contribution in [0.15, 0.2) is 12.4 Å². The molecule has 1 aromatic rings. The molecule has 80 valence electrons. The van der Waals surface area contributed by atoms with Gasteiger partial charge in [0, 0.05) is 26.5 Å². The second kappa shape index (κ2) is 6.50. The largest absolute Gasteiger partial charge is 0.384 e. The van der Waals surface area contributed by atoms with Crippen LogP contribution >= 0.6 is 0 Å². The molecule has 0 aliphatic carbocycles. The molecule has 0 amide bonds. The van der Waals surface area contributed by atoms with Crippen molar-refractivity contribution < 1.29 is 4.74 Å². The fourth-order valence-electron chi connectivity index (χ4n) is 1.24. The molecule has 0 aliphatic heterocycles. The van der Waals surface area contributed by atoms with Crippen LogP contribution in [0.5, 0.6) is 0 Å². The van der Waals surface area contributed by atoms with Crippen LogP contribution in [0.2, 0.25) is 0 Å². The number of hydrogen-bond acceptors (Lipinski definition) is 4. The van der Waals surface area contributed by atoms with Crippen LogP contribution in [0.4, 0.5) is 0 Å². The predicted molar refractivity (Wildman–Crippen MR) is 53.9 cm³/mol. The van der Waals surface area contributed by atoms with Gasteiger partial charge in [-0.1, -0.05) is 12.1 Å². The molecule has 1 heterocycles.